The first-order valence-electron chi connectivity index (χ1n) is 14.9. The highest BCUT2D eigenvalue weighted by molar-refractivity contribution is 5.90. The molecule has 0 aliphatic carbocycles. The summed E-state index contributed by atoms with van der Waals surface area (Å²) >= 11 is 0. The fraction of sp³-hybridized carbons (Fsp3) is 0.154. The summed E-state index contributed by atoms with van der Waals surface area (Å²) in [5.74, 6) is 0.310. The second kappa shape index (κ2) is 15.3. The van der Waals surface area contributed by atoms with Crippen LogP contribution in [0.1, 0.15) is 62.9 Å². The molecule has 0 bridgehead atoms. The lowest BCUT2D eigenvalue weighted by molar-refractivity contribution is -0.134. The second-order valence-corrected chi connectivity index (χ2v) is 10.6. The van der Waals surface area contributed by atoms with Crippen molar-refractivity contribution in [3.05, 3.63) is 160 Å². The van der Waals surface area contributed by atoms with Gasteiger partial charge in [-0.2, -0.15) is 0 Å². The van der Waals surface area contributed by atoms with Crippen LogP contribution in [0.2, 0.25) is 0 Å². The standard InChI is InChI=1S/C39H34O7/c1-3-43-39(42)32-18-16-29(17-19-32)35-23-33(20-14-27(35)2)44-24-28-15-21-34(37(45-25-40)30-10-6-4-7-11-30)36(22-28)38(46-26-41)31-12-8-5-9-13-31/h4-23,25-26,37-38H,3,24H2,1-2H3. The molecule has 0 saturated heterocycles. The van der Waals surface area contributed by atoms with Crippen molar-refractivity contribution in [3.8, 4) is 16.9 Å². The molecule has 0 aliphatic heterocycles. The molecule has 0 aromatic heterocycles. The van der Waals surface area contributed by atoms with E-state index in [1.54, 1.807) is 19.1 Å². The fourth-order valence-electron chi connectivity index (χ4n) is 5.38. The maximum absolute atomic E-state index is 12.1. The Labute approximate surface area is 268 Å². The van der Waals surface area contributed by atoms with Gasteiger partial charge in [0.1, 0.15) is 12.4 Å². The maximum atomic E-state index is 12.1. The molecule has 5 aromatic carbocycles. The Balaban J connectivity index is 1.47. The zero-order valence-corrected chi connectivity index (χ0v) is 25.6. The third-order valence-electron chi connectivity index (χ3n) is 7.63. The number of rotatable bonds is 14. The van der Waals surface area contributed by atoms with E-state index in [1.807, 2.05) is 116 Å². The lowest BCUT2D eigenvalue weighted by Crippen LogP contribution is -2.14. The van der Waals surface area contributed by atoms with Crippen LogP contribution < -0.4 is 4.74 Å². The second-order valence-electron chi connectivity index (χ2n) is 10.6. The van der Waals surface area contributed by atoms with Crippen LogP contribution in [-0.4, -0.2) is 25.5 Å². The number of hydrogen-bond acceptors (Lipinski definition) is 7. The smallest absolute Gasteiger partial charge is 0.338 e. The van der Waals surface area contributed by atoms with Crippen molar-refractivity contribution in [3.63, 3.8) is 0 Å². The maximum Gasteiger partial charge on any atom is 0.338 e. The Morgan fingerprint density at radius 3 is 1.89 bits per heavy atom. The van der Waals surface area contributed by atoms with Crippen LogP contribution in [0.5, 0.6) is 5.75 Å². The molecule has 7 nitrogen and oxygen atoms in total. The first-order valence-corrected chi connectivity index (χ1v) is 14.9. The quantitative estimate of drug-likeness (QED) is 0.0713. The van der Waals surface area contributed by atoms with Crippen molar-refractivity contribution in [1.29, 1.82) is 0 Å². The molecule has 2 atom stereocenters. The van der Waals surface area contributed by atoms with E-state index >= 15 is 0 Å². The summed E-state index contributed by atoms with van der Waals surface area (Å²) in [6.07, 6.45) is -1.47. The molecular formula is C39H34O7. The van der Waals surface area contributed by atoms with E-state index in [0.717, 1.165) is 33.4 Å². The lowest BCUT2D eigenvalue weighted by Gasteiger charge is -2.25. The van der Waals surface area contributed by atoms with Gasteiger partial charge < -0.3 is 18.9 Å². The Bertz CT molecular complexity index is 1770. The van der Waals surface area contributed by atoms with Gasteiger partial charge in [0.25, 0.3) is 12.9 Å². The monoisotopic (exact) mass is 614 g/mol. The summed E-state index contributed by atoms with van der Waals surface area (Å²) < 4.78 is 22.6. The average Bonchev–Trinajstić information content (AvgIpc) is 3.10. The minimum atomic E-state index is -0.751. The number of aryl methyl sites for hydroxylation is 1. The van der Waals surface area contributed by atoms with E-state index in [2.05, 4.69) is 0 Å². The van der Waals surface area contributed by atoms with Gasteiger partial charge in [-0.05, 0) is 77.6 Å². The van der Waals surface area contributed by atoms with Crippen LogP contribution >= 0.6 is 0 Å². The predicted molar refractivity (Wildman–Crippen MR) is 174 cm³/mol. The van der Waals surface area contributed by atoms with Crippen molar-refractivity contribution in [2.75, 3.05) is 6.61 Å². The largest absolute Gasteiger partial charge is 0.489 e. The third-order valence-corrected chi connectivity index (χ3v) is 7.63. The molecule has 2 unspecified atom stereocenters. The van der Waals surface area contributed by atoms with E-state index in [1.165, 1.54) is 0 Å². The zero-order valence-electron chi connectivity index (χ0n) is 25.6. The zero-order chi connectivity index (χ0) is 32.3. The van der Waals surface area contributed by atoms with E-state index in [-0.39, 0.29) is 12.6 Å². The molecule has 0 fully saturated rings. The minimum Gasteiger partial charge on any atom is -0.489 e. The Hall–Kier alpha value is -5.69. The van der Waals surface area contributed by atoms with Gasteiger partial charge in [0, 0.05) is 11.1 Å². The molecule has 232 valence electrons. The van der Waals surface area contributed by atoms with Crippen LogP contribution in [0.3, 0.4) is 0 Å². The number of esters is 1. The molecule has 5 aromatic rings. The van der Waals surface area contributed by atoms with Crippen LogP contribution in [-0.2, 0) is 30.4 Å². The SMILES string of the molecule is CCOC(=O)c1ccc(-c2cc(OCc3ccc(C(OC=O)c4ccccc4)c(C(OC=O)c4ccccc4)c3)ccc2C)cc1. The Kier molecular flexibility index (Phi) is 10.6. The number of carbonyl (C=O) groups is 3. The molecule has 5 rings (SSSR count). The highest BCUT2D eigenvalue weighted by Crippen LogP contribution is 2.37. The van der Waals surface area contributed by atoms with E-state index < -0.39 is 12.2 Å². The summed E-state index contributed by atoms with van der Waals surface area (Å²) in [6.45, 7) is 5.20. The summed E-state index contributed by atoms with van der Waals surface area (Å²) in [5.41, 5.74) is 7.20. The number of hydrogen-bond donors (Lipinski definition) is 0. The van der Waals surface area contributed by atoms with E-state index in [9.17, 15) is 14.4 Å². The Morgan fingerprint density at radius 2 is 1.30 bits per heavy atom. The van der Waals surface area contributed by atoms with Crippen molar-refractivity contribution in [1.82, 2.24) is 0 Å². The van der Waals surface area contributed by atoms with Gasteiger partial charge in [0.2, 0.25) is 0 Å². The summed E-state index contributed by atoms with van der Waals surface area (Å²) in [7, 11) is 0. The van der Waals surface area contributed by atoms with Gasteiger partial charge in [-0.1, -0.05) is 91.0 Å². The van der Waals surface area contributed by atoms with Gasteiger partial charge in [0.15, 0.2) is 12.2 Å². The molecular weight excluding hydrogens is 580 g/mol. The van der Waals surface area contributed by atoms with Gasteiger partial charge in [-0.3, -0.25) is 9.59 Å². The molecule has 0 radical (unpaired) electrons. The minimum absolute atomic E-state index is 0.227. The lowest BCUT2D eigenvalue weighted by atomic mass is 9.89. The third kappa shape index (κ3) is 7.50. The first-order chi connectivity index (χ1) is 22.5. The van der Waals surface area contributed by atoms with Crippen molar-refractivity contribution >= 4 is 18.9 Å². The van der Waals surface area contributed by atoms with Crippen molar-refractivity contribution < 1.29 is 33.3 Å². The van der Waals surface area contributed by atoms with Crippen molar-refractivity contribution in [2.45, 2.75) is 32.7 Å². The van der Waals surface area contributed by atoms with E-state index in [4.69, 9.17) is 18.9 Å². The highest BCUT2D eigenvalue weighted by Gasteiger charge is 2.26. The molecule has 0 saturated carbocycles. The topological polar surface area (TPSA) is 88.1 Å². The van der Waals surface area contributed by atoms with Gasteiger partial charge in [-0.15, -0.1) is 0 Å². The van der Waals surface area contributed by atoms with E-state index in [0.29, 0.717) is 42.0 Å². The average molecular weight is 615 g/mol. The number of ether oxygens (including phenoxy) is 4. The molecule has 0 amide bonds. The summed E-state index contributed by atoms with van der Waals surface area (Å²) in [5, 5.41) is 0. The predicted octanol–water partition coefficient (Wildman–Crippen LogP) is 7.94. The van der Waals surface area contributed by atoms with Crippen LogP contribution in [0.4, 0.5) is 0 Å². The molecule has 7 heteroatoms. The summed E-state index contributed by atoms with van der Waals surface area (Å²) in [4.78, 5) is 35.5. The van der Waals surface area contributed by atoms with Crippen molar-refractivity contribution in [2.24, 2.45) is 0 Å². The van der Waals surface area contributed by atoms with Gasteiger partial charge in [0.05, 0.1) is 12.2 Å². The normalized spacial score (nSPS) is 12.0. The molecule has 0 spiro atoms. The summed E-state index contributed by atoms with van der Waals surface area (Å²) in [6, 6.07) is 37.7. The van der Waals surface area contributed by atoms with Crippen LogP contribution in [0.15, 0.2) is 121 Å². The fourth-order valence-corrected chi connectivity index (χ4v) is 5.38. The molecule has 0 heterocycles. The number of benzene rings is 5. The number of carbonyl (C=O) groups excluding carboxylic acids is 3. The van der Waals surface area contributed by atoms with Crippen LogP contribution in [0, 0.1) is 6.92 Å². The molecule has 0 aliphatic rings. The van der Waals surface area contributed by atoms with Gasteiger partial charge in [-0.25, -0.2) is 4.79 Å². The molecule has 0 N–H and O–H groups in total. The van der Waals surface area contributed by atoms with Crippen LogP contribution in [0.25, 0.3) is 11.1 Å². The first kappa shape index (κ1) is 31.7. The molecule has 46 heavy (non-hydrogen) atoms. The highest BCUT2D eigenvalue weighted by atomic mass is 16.5. The van der Waals surface area contributed by atoms with Gasteiger partial charge >= 0.3 is 5.97 Å². The Morgan fingerprint density at radius 1 is 0.696 bits per heavy atom.